The van der Waals surface area contributed by atoms with E-state index in [1.54, 1.807) is 27.9 Å². The maximum Gasteiger partial charge on any atom is 0.312 e. The number of likely N-dealkylation sites (N-methyl/N-ethyl adjacent to an activating group) is 2. The van der Waals surface area contributed by atoms with Gasteiger partial charge in [0.05, 0.1) is 42.8 Å². The van der Waals surface area contributed by atoms with Crippen molar-refractivity contribution >= 4 is 68.9 Å². The van der Waals surface area contributed by atoms with Gasteiger partial charge < -0.3 is 42.0 Å². The van der Waals surface area contributed by atoms with Gasteiger partial charge >= 0.3 is 6.03 Å². The van der Waals surface area contributed by atoms with Crippen LogP contribution in [0, 0.1) is 23.2 Å². The highest BCUT2D eigenvalue weighted by Crippen LogP contribution is 2.29. The molecule has 0 unspecified atom stereocenters. The molecule has 0 saturated heterocycles. The van der Waals surface area contributed by atoms with Crippen LogP contribution in [-0.2, 0) is 58.5 Å². The Morgan fingerprint density at radius 1 is 0.816 bits per heavy atom. The van der Waals surface area contributed by atoms with Crippen LogP contribution in [0.4, 0.5) is 10.5 Å². The van der Waals surface area contributed by atoms with Crippen molar-refractivity contribution in [1.29, 1.82) is 0 Å². The summed E-state index contributed by atoms with van der Waals surface area (Å²) in [5.41, 5.74) is 4.90. The van der Waals surface area contributed by atoms with Gasteiger partial charge in [0.1, 0.15) is 6.04 Å². The van der Waals surface area contributed by atoms with Gasteiger partial charge in [0.15, 0.2) is 5.78 Å². The minimum atomic E-state index is -4.48. The largest absolute Gasteiger partial charge is 0.379 e. The van der Waals surface area contributed by atoms with Gasteiger partial charge in [0.2, 0.25) is 23.6 Å². The Kier molecular flexibility index (Phi) is 23.7. The average Bonchev–Trinajstić information content (AvgIpc) is 3.66. The van der Waals surface area contributed by atoms with Crippen LogP contribution < -0.4 is 37.0 Å². The fourth-order valence-electron chi connectivity index (χ4n) is 8.58. The van der Waals surface area contributed by atoms with E-state index in [4.69, 9.17) is 10.5 Å². The minimum Gasteiger partial charge on any atom is -0.379 e. The number of hydrogen-bond donors (Lipinski definition) is 7. The standard InChI is InChI=1S/C54H79N9O12S/c1-33(2)40(62(12)51(71)47(53(6,7)8)60-50(70)46(56-11)54(9,10)37-18-14-13-15-19-37)31-35(5)48(68)61-76(73,74)39-22-20-38(21-23-39)58-49(69)36(17-16-27-57-52(55)72)32-41(64)45(34(3)4)59-42(65)26-29-75-30-28-63-43(66)24-25-44(63)67/h13-15,18-25,31,33-34,36,40,45-47,56H,16-17,26-30,32H2,1-12H3,(H,58,69)(H,59,65)(H,60,70)(H,61,68)(H3,55,57,72)/b35-31+/t36-,40-,45+,46-,47-/m1/s1. The molecule has 0 bridgehead atoms. The molecule has 0 spiro atoms. The number of ether oxygens (including phenoxy) is 1. The number of imide groups is 1. The molecule has 0 saturated carbocycles. The van der Waals surface area contributed by atoms with Gasteiger partial charge in [-0.25, -0.2) is 17.9 Å². The van der Waals surface area contributed by atoms with E-state index in [0.717, 1.165) is 22.6 Å². The number of amides is 9. The van der Waals surface area contributed by atoms with Crippen molar-refractivity contribution in [3.8, 4) is 0 Å². The van der Waals surface area contributed by atoms with Gasteiger partial charge in [0, 0.05) is 61.2 Å². The molecule has 2 aromatic rings. The molecule has 0 aromatic heterocycles. The predicted octanol–water partition coefficient (Wildman–Crippen LogP) is 3.45. The summed E-state index contributed by atoms with van der Waals surface area (Å²) in [6.07, 6.45) is 3.76. The van der Waals surface area contributed by atoms with Crippen molar-refractivity contribution in [3.63, 3.8) is 0 Å². The summed E-state index contributed by atoms with van der Waals surface area (Å²) < 4.78 is 34.6. The third-order valence-corrected chi connectivity index (χ3v) is 14.5. The SMILES string of the molecule is CN[C@H](C(=O)N[C@H](C(=O)N(C)[C@H](/C=C(\C)C(=O)NS(=O)(=O)c1ccc(NC(=O)[C@H](CCCNC(N)=O)CC(=O)[C@@H](NC(=O)CCOCCN2C(=O)C=CC2=O)C(C)C)cc1)C(C)C)C(C)(C)C)C(C)(C)c1ccccc1. The van der Waals surface area contributed by atoms with Gasteiger partial charge in [-0.2, -0.15) is 0 Å². The first kappa shape index (κ1) is 63.5. The number of urea groups is 1. The molecule has 76 heavy (non-hydrogen) atoms. The number of nitrogens with two attached hydrogens (primary N) is 1. The van der Waals surface area contributed by atoms with Crippen LogP contribution in [0.1, 0.15) is 100 Å². The number of carbonyl (C=O) groups excluding carboxylic acids is 9. The van der Waals surface area contributed by atoms with Crippen molar-refractivity contribution in [2.45, 2.75) is 129 Å². The number of nitrogens with one attached hydrogen (secondary N) is 6. The van der Waals surface area contributed by atoms with E-state index < -0.39 is 98.2 Å². The molecule has 3 rings (SSSR count). The fourth-order valence-corrected chi connectivity index (χ4v) is 9.60. The summed E-state index contributed by atoms with van der Waals surface area (Å²) in [6.45, 7) is 18.0. The highest BCUT2D eigenvalue weighted by atomic mass is 32.2. The first-order valence-electron chi connectivity index (χ1n) is 25.4. The topological polar surface area (TPSA) is 302 Å². The maximum atomic E-state index is 14.4. The molecular formula is C54H79N9O12S. The van der Waals surface area contributed by atoms with Crippen molar-refractivity contribution in [3.05, 3.63) is 84.0 Å². The number of Topliss-reactive ketones (excluding diaryl/α,β-unsaturated/α-hetero) is 1. The molecule has 1 aliphatic heterocycles. The van der Waals surface area contributed by atoms with E-state index in [2.05, 4.69) is 31.3 Å². The van der Waals surface area contributed by atoms with Gasteiger partial charge in [-0.15, -0.1) is 0 Å². The Hall–Kier alpha value is -6.78. The highest BCUT2D eigenvalue weighted by molar-refractivity contribution is 7.90. The van der Waals surface area contributed by atoms with Crippen molar-refractivity contribution in [2.24, 2.45) is 28.9 Å². The molecule has 5 atom stereocenters. The van der Waals surface area contributed by atoms with Crippen LogP contribution in [0.2, 0.25) is 0 Å². The number of ketones is 1. The molecule has 22 heteroatoms. The molecule has 9 amide bonds. The predicted molar refractivity (Wildman–Crippen MR) is 287 cm³/mol. The Labute approximate surface area is 447 Å². The van der Waals surface area contributed by atoms with Gasteiger partial charge in [-0.05, 0) is 73.9 Å². The summed E-state index contributed by atoms with van der Waals surface area (Å²) in [4.78, 5) is 119. The first-order valence-corrected chi connectivity index (χ1v) is 26.8. The third-order valence-electron chi connectivity index (χ3n) is 13.1. The number of nitrogens with zero attached hydrogens (tertiary/aromatic N) is 2. The lowest BCUT2D eigenvalue weighted by molar-refractivity contribution is -0.141. The number of benzene rings is 2. The maximum absolute atomic E-state index is 14.4. The lowest BCUT2D eigenvalue weighted by Gasteiger charge is -2.40. The average molecular weight is 1080 g/mol. The Balaban J connectivity index is 1.71. The molecule has 418 valence electrons. The molecular weight excluding hydrogens is 999 g/mol. The van der Waals surface area contributed by atoms with E-state index in [1.165, 1.54) is 42.2 Å². The van der Waals surface area contributed by atoms with E-state index in [1.807, 2.05) is 78.8 Å². The zero-order valence-electron chi connectivity index (χ0n) is 45.9. The normalized spacial score (nSPS) is 15.1. The summed E-state index contributed by atoms with van der Waals surface area (Å²) in [5.74, 6) is -5.78. The molecule has 1 heterocycles. The van der Waals surface area contributed by atoms with E-state index >= 15 is 0 Å². The van der Waals surface area contributed by atoms with Crippen LogP contribution in [0.5, 0.6) is 0 Å². The van der Waals surface area contributed by atoms with Crippen LogP contribution in [-0.4, -0.2) is 136 Å². The van der Waals surface area contributed by atoms with Gasteiger partial charge in [-0.3, -0.25) is 43.3 Å². The number of carbonyl (C=O) groups is 9. The summed E-state index contributed by atoms with van der Waals surface area (Å²) in [5, 5.41) is 14.0. The van der Waals surface area contributed by atoms with Crippen molar-refractivity contribution < 1.29 is 56.3 Å². The smallest absolute Gasteiger partial charge is 0.312 e. The molecule has 0 radical (unpaired) electrons. The molecule has 0 fully saturated rings. The lowest BCUT2D eigenvalue weighted by atomic mass is 9.76. The molecule has 1 aliphatic rings. The quantitative estimate of drug-likeness (QED) is 0.0350. The van der Waals surface area contributed by atoms with E-state index in [-0.39, 0.29) is 85.9 Å². The van der Waals surface area contributed by atoms with Crippen molar-refractivity contribution in [1.82, 2.24) is 35.8 Å². The molecule has 21 nitrogen and oxygen atoms in total. The zero-order chi connectivity index (χ0) is 57.3. The summed E-state index contributed by atoms with van der Waals surface area (Å²) in [6, 6.07) is 10.4. The number of primary amides is 1. The minimum absolute atomic E-state index is 0.00244. The zero-order valence-corrected chi connectivity index (χ0v) is 46.7. The number of rotatable bonds is 29. The Bertz CT molecular complexity index is 2560. The van der Waals surface area contributed by atoms with Crippen molar-refractivity contribution in [2.75, 3.05) is 45.7 Å². The lowest BCUT2D eigenvalue weighted by Crippen LogP contribution is -2.61. The fraction of sp³-hybridized carbons (Fsp3) is 0.537. The van der Waals surface area contributed by atoms with Crippen LogP contribution in [0.15, 0.2) is 83.3 Å². The third kappa shape index (κ3) is 18.5. The van der Waals surface area contributed by atoms with Gasteiger partial charge in [0.25, 0.3) is 27.7 Å². The number of anilines is 1. The van der Waals surface area contributed by atoms with E-state index in [0.29, 0.717) is 0 Å². The summed E-state index contributed by atoms with van der Waals surface area (Å²) >= 11 is 0. The van der Waals surface area contributed by atoms with Crippen LogP contribution >= 0.6 is 0 Å². The molecule has 0 aliphatic carbocycles. The highest BCUT2D eigenvalue weighted by Gasteiger charge is 2.42. The van der Waals surface area contributed by atoms with E-state index in [9.17, 15) is 51.6 Å². The Morgan fingerprint density at radius 2 is 1.42 bits per heavy atom. The van der Waals surface area contributed by atoms with Crippen LogP contribution in [0.3, 0.4) is 0 Å². The summed E-state index contributed by atoms with van der Waals surface area (Å²) in [7, 11) is -1.22. The van der Waals surface area contributed by atoms with Gasteiger partial charge in [-0.1, -0.05) is 98.7 Å². The number of sulfonamides is 1. The second kappa shape index (κ2) is 28.4. The van der Waals surface area contributed by atoms with Crippen LogP contribution in [0.25, 0.3) is 0 Å². The second-order valence-electron chi connectivity index (χ2n) is 21.2. The first-order chi connectivity index (χ1) is 35.4. The number of hydrogen-bond acceptors (Lipinski definition) is 13. The Morgan fingerprint density at radius 3 is 1.96 bits per heavy atom. The second-order valence-corrected chi connectivity index (χ2v) is 22.9. The monoisotopic (exact) mass is 1080 g/mol. The molecule has 2 aromatic carbocycles. The molecule has 8 N–H and O–H groups in total.